The number of hydrogen-bond donors (Lipinski definition) is 0. The van der Waals surface area contributed by atoms with E-state index in [0.717, 1.165) is 27.3 Å². The Morgan fingerprint density at radius 2 is 2.00 bits per heavy atom. The van der Waals surface area contributed by atoms with Crippen LogP contribution in [-0.2, 0) is 6.42 Å². The van der Waals surface area contributed by atoms with Crippen molar-refractivity contribution in [3.63, 3.8) is 0 Å². The number of fused-ring (bicyclic) bond motifs is 1. The number of aryl methyl sites for hydroxylation is 1. The highest BCUT2D eigenvalue weighted by atomic mass is 79.9. The molecule has 0 radical (unpaired) electrons. The molecule has 0 amide bonds. The highest BCUT2D eigenvalue weighted by Gasteiger charge is 2.11. The smallest absolute Gasteiger partial charge is 0.282 e. The van der Waals surface area contributed by atoms with Crippen LogP contribution in [0, 0.1) is 0 Å². The molecule has 152 valence electrons. The van der Waals surface area contributed by atoms with Crippen LogP contribution in [0.15, 0.2) is 89.4 Å². The van der Waals surface area contributed by atoms with Gasteiger partial charge in [-0.1, -0.05) is 59.2 Å². The third-order valence-electron chi connectivity index (χ3n) is 4.49. The van der Waals surface area contributed by atoms with Crippen LogP contribution in [0.2, 0.25) is 0 Å². The van der Waals surface area contributed by atoms with Gasteiger partial charge in [-0.05, 0) is 48.9 Å². The summed E-state index contributed by atoms with van der Waals surface area (Å²) in [5.41, 5.74) is 0.495. The Morgan fingerprint density at radius 1 is 1.17 bits per heavy atom. The van der Waals surface area contributed by atoms with Crippen molar-refractivity contribution >= 4 is 44.8 Å². The molecule has 0 atom stereocenters. The minimum atomic E-state index is -0.186. The van der Waals surface area contributed by atoms with E-state index in [1.807, 2.05) is 54.6 Å². The molecule has 2 heterocycles. The summed E-state index contributed by atoms with van der Waals surface area (Å²) in [6.07, 6.45) is 4.19. The second-order valence-electron chi connectivity index (χ2n) is 6.73. The maximum atomic E-state index is 13.1. The number of benzene rings is 2. The number of unbranched alkanes of at least 4 members (excludes halogenated alkanes) is 1. The van der Waals surface area contributed by atoms with E-state index in [1.165, 1.54) is 16.4 Å². The molecule has 0 bridgehead atoms. The molecule has 0 N–H and O–H groups in total. The normalized spacial score (nSPS) is 11.5. The van der Waals surface area contributed by atoms with Gasteiger partial charge in [0.25, 0.3) is 5.56 Å². The van der Waals surface area contributed by atoms with Crippen molar-refractivity contribution in [1.82, 2.24) is 9.66 Å². The zero-order chi connectivity index (χ0) is 20.9. The molecule has 0 saturated heterocycles. The first-order valence-corrected chi connectivity index (χ1v) is 11.3. The summed E-state index contributed by atoms with van der Waals surface area (Å²) in [6, 6.07) is 19.3. The summed E-state index contributed by atoms with van der Waals surface area (Å²) in [5, 5.41) is 5.72. The van der Waals surface area contributed by atoms with Gasteiger partial charge in [0.05, 0.1) is 17.1 Å². The molecule has 0 fully saturated rings. The summed E-state index contributed by atoms with van der Waals surface area (Å²) >= 11 is 4.96. The number of rotatable bonds is 7. The maximum Gasteiger partial charge on any atom is 0.282 e. The molecule has 0 unspecified atom stereocenters. The van der Waals surface area contributed by atoms with Gasteiger partial charge in [0.1, 0.15) is 11.6 Å². The van der Waals surface area contributed by atoms with Crippen LogP contribution < -0.4 is 5.56 Å². The van der Waals surface area contributed by atoms with Gasteiger partial charge in [-0.25, -0.2) is 4.98 Å². The molecule has 4 rings (SSSR count). The second kappa shape index (κ2) is 9.45. The van der Waals surface area contributed by atoms with Crippen molar-refractivity contribution < 1.29 is 4.42 Å². The van der Waals surface area contributed by atoms with Gasteiger partial charge in [-0.3, -0.25) is 4.79 Å². The minimum absolute atomic E-state index is 0.186. The summed E-state index contributed by atoms with van der Waals surface area (Å²) in [4.78, 5) is 18.9. The predicted octanol–water partition coefficient (Wildman–Crippen LogP) is 6.13. The third kappa shape index (κ3) is 4.74. The van der Waals surface area contributed by atoms with Crippen molar-refractivity contribution in [2.75, 3.05) is 0 Å². The van der Waals surface area contributed by atoms with Crippen molar-refractivity contribution in [2.45, 2.75) is 36.2 Å². The summed E-state index contributed by atoms with van der Waals surface area (Å²) in [5.74, 6) is 1.23. The molecule has 0 aliphatic rings. The number of hydrogen-bond acceptors (Lipinski definition) is 5. The highest BCUT2D eigenvalue weighted by molar-refractivity contribution is 9.10. The lowest BCUT2D eigenvalue weighted by atomic mass is 10.2. The molecule has 7 heteroatoms. The maximum absolute atomic E-state index is 13.1. The van der Waals surface area contributed by atoms with Crippen LogP contribution in [0.25, 0.3) is 10.9 Å². The molecule has 0 saturated carbocycles. The van der Waals surface area contributed by atoms with Gasteiger partial charge in [0.2, 0.25) is 0 Å². The standard InChI is InChI=1S/C23H20BrN3O2S/c1-2-3-9-21-26-20-12-10-16(24)14-19(20)23(28)27(21)25-15-17-11-13-22(29-17)30-18-7-5-4-6-8-18/h4-8,10-15H,2-3,9H2,1H3. The Morgan fingerprint density at radius 3 is 2.80 bits per heavy atom. The van der Waals surface area contributed by atoms with Gasteiger partial charge in [0.15, 0.2) is 5.09 Å². The lowest BCUT2D eigenvalue weighted by Gasteiger charge is -2.08. The Kier molecular flexibility index (Phi) is 6.50. The van der Waals surface area contributed by atoms with Gasteiger partial charge in [-0.15, -0.1) is 0 Å². The molecule has 5 nitrogen and oxygen atoms in total. The average Bonchev–Trinajstić information content (AvgIpc) is 3.20. The lowest BCUT2D eigenvalue weighted by Crippen LogP contribution is -2.22. The van der Waals surface area contributed by atoms with E-state index in [1.54, 1.807) is 12.3 Å². The first kappa shape index (κ1) is 20.6. The van der Waals surface area contributed by atoms with E-state index in [2.05, 4.69) is 32.9 Å². The fourth-order valence-corrected chi connectivity index (χ4v) is 4.15. The number of furan rings is 1. The van der Waals surface area contributed by atoms with Gasteiger partial charge < -0.3 is 4.42 Å². The van der Waals surface area contributed by atoms with E-state index in [-0.39, 0.29) is 5.56 Å². The fourth-order valence-electron chi connectivity index (χ4n) is 2.99. The molecule has 0 spiro atoms. The van der Waals surface area contributed by atoms with Crippen molar-refractivity contribution in [2.24, 2.45) is 5.10 Å². The Hall–Kier alpha value is -2.64. The largest absolute Gasteiger partial charge is 0.448 e. The third-order valence-corrected chi connectivity index (χ3v) is 5.92. The first-order chi connectivity index (χ1) is 14.6. The van der Waals surface area contributed by atoms with Crippen LogP contribution in [0.3, 0.4) is 0 Å². The highest BCUT2D eigenvalue weighted by Crippen LogP contribution is 2.28. The molecule has 2 aromatic carbocycles. The van der Waals surface area contributed by atoms with E-state index >= 15 is 0 Å². The topological polar surface area (TPSA) is 60.4 Å². The van der Waals surface area contributed by atoms with E-state index in [0.29, 0.717) is 28.9 Å². The Labute approximate surface area is 187 Å². The summed E-state index contributed by atoms with van der Waals surface area (Å²) in [6.45, 7) is 2.11. The molecule has 0 aliphatic heterocycles. The van der Waals surface area contributed by atoms with Crippen LogP contribution in [0.4, 0.5) is 0 Å². The summed E-state index contributed by atoms with van der Waals surface area (Å²) in [7, 11) is 0. The fraction of sp³-hybridized carbons (Fsp3) is 0.174. The van der Waals surface area contributed by atoms with Gasteiger partial charge in [-0.2, -0.15) is 9.78 Å². The molecule has 2 aromatic heterocycles. The van der Waals surface area contributed by atoms with E-state index in [4.69, 9.17) is 4.42 Å². The van der Waals surface area contributed by atoms with Gasteiger partial charge >= 0.3 is 0 Å². The predicted molar refractivity (Wildman–Crippen MR) is 125 cm³/mol. The quantitative estimate of drug-likeness (QED) is 0.298. The molecule has 4 aromatic rings. The van der Waals surface area contributed by atoms with Crippen molar-refractivity contribution in [3.05, 3.63) is 87.1 Å². The summed E-state index contributed by atoms with van der Waals surface area (Å²) < 4.78 is 8.07. The molecule has 30 heavy (non-hydrogen) atoms. The van der Waals surface area contributed by atoms with Crippen molar-refractivity contribution in [1.29, 1.82) is 0 Å². The molecule has 0 aliphatic carbocycles. The Bertz CT molecular complexity index is 1250. The van der Waals surface area contributed by atoms with Gasteiger partial charge in [0, 0.05) is 15.8 Å². The molecular weight excluding hydrogens is 462 g/mol. The number of halogens is 1. The average molecular weight is 482 g/mol. The van der Waals surface area contributed by atoms with E-state index in [9.17, 15) is 4.79 Å². The number of nitrogens with zero attached hydrogens (tertiary/aromatic N) is 3. The lowest BCUT2D eigenvalue weighted by molar-refractivity contribution is 0.468. The zero-order valence-corrected chi connectivity index (χ0v) is 18.8. The SMILES string of the molecule is CCCCc1nc2ccc(Br)cc2c(=O)n1N=Cc1ccc(Sc2ccccc2)o1. The van der Waals surface area contributed by atoms with E-state index < -0.39 is 0 Å². The van der Waals surface area contributed by atoms with Crippen LogP contribution in [0.5, 0.6) is 0 Å². The minimum Gasteiger partial charge on any atom is -0.448 e. The first-order valence-electron chi connectivity index (χ1n) is 9.72. The van der Waals surface area contributed by atoms with Crippen LogP contribution >= 0.6 is 27.7 Å². The zero-order valence-electron chi connectivity index (χ0n) is 16.4. The van der Waals surface area contributed by atoms with Crippen LogP contribution in [-0.4, -0.2) is 15.9 Å². The monoisotopic (exact) mass is 481 g/mol. The molecular formula is C23H20BrN3O2S. The van der Waals surface area contributed by atoms with Crippen LogP contribution in [0.1, 0.15) is 31.4 Å². The Balaban J connectivity index is 1.66. The van der Waals surface area contributed by atoms with Crippen molar-refractivity contribution in [3.8, 4) is 0 Å². The number of aromatic nitrogens is 2. The second-order valence-corrected chi connectivity index (χ2v) is 8.72.